The summed E-state index contributed by atoms with van der Waals surface area (Å²) in [5, 5.41) is 0. The Bertz CT molecular complexity index is 231. The van der Waals surface area contributed by atoms with Gasteiger partial charge in [-0.3, -0.25) is 4.55 Å². The standard InChI is InChI=1S/C5H14NO.C4H10O3S/c1-5-7-6(2,3)4;1-2-3-4-8(5,6)7/h5H2,1-4H3;2-4H2,1H3,(H,5,6,7)/q+1;. The van der Waals surface area contributed by atoms with Gasteiger partial charge in [-0.05, 0) is 13.3 Å². The van der Waals surface area contributed by atoms with E-state index in [1.807, 2.05) is 35.0 Å². The topological polar surface area (TPSA) is 63.6 Å². The Labute approximate surface area is 93.3 Å². The van der Waals surface area contributed by atoms with Gasteiger partial charge in [0.1, 0.15) is 6.61 Å². The summed E-state index contributed by atoms with van der Waals surface area (Å²) in [5.74, 6) is -0.108. The van der Waals surface area contributed by atoms with E-state index in [0.717, 1.165) is 13.0 Å². The highest BCUT2D eigenvalue weighted by atomic mass is 32.2. The molecule has 0 amide bonds. The first-order valence-corrected chi connectivity index (χ1v) is 6.64. The van der Waals surface area contributed by atoms with Crippen LogP contribution in [0, 0.1) is 0 Å². The summed E-state index contributed by atoms with van der Waals surface area (Å²) in [6.07, 6.45) is 1.33. The molecule has 0 unspecified atom stereocenters. The number of quaternary nitrogens is 1. The maximum Gasteiger partial charge on any atom is 0.264 e. The summed E-state index contributed by atoms with van der Waals surface area (Å²) in [6.45, 7) is 4.64. The zero-order valence-electron chi connectivity index (χ0n) is 10.4. The average Bonchev–Trinajstić information content (AvgIpc) is 1.98. The van der Waals surface area contributed by atoms with E-state index in [1.165, 1.54) is 0 Å². The van der Waals surface area contributed by atoms with Crippen LogP contribution in [0.25, 0.3) is 0 Å². The number of hydrogen-bond acceptors (Lipinski definition) is 3. The van der Waals surface area contributed by atoms with Crippen LogP contribution in [-0.2, 0) is 15.0 Å². The molecule has 0 fully saturated rings. The Kier molecular flexibility index (Phi) is 9.23. The molecule has 0 bridgehead atoms. The summed E-state index contributed by atoms with van der Waals surface area (Å²) >= 11 is 0. The molecule has 0 heterocycles. The number of unbranched alkanes of at least 4 members (excludes halogenated alkanes) is 1. The van der Waals surface area contributed by atoms with Crippen LogP contribution in [0.5, 0.6) is 0 Å². The van der Waals surface area contributed by atoms with Gasteiger partial charge < -0.3 is 0 Å². The fraction of sp³-hybridized carbons (Fsp3) is 1.00. The van der Waals surface area contributed by atoms with E-state index >= 15 is 0 Å². The van der Waals surface area contributed by atoms with E-state index in [2.05, 4.69) is 0 Å². The molecule has 0 spiro atoms. The molecule has 0 radical (unpaired) electrons. The van der Waals surface area contributed by atoms with Crippen LogP contribution in [0.15, 0.2) is 0 Å². The second kappa shape index (κ2) is 8.04. The highest BCUT2D eigenvalue weighted by Crippen LogP contribution is 1.90. The largest absolute Gasteiger partial charge is 0.286 e. The molecular weight excluding hydrogens is 218 g/mol. The molecule has 0 aliphatic heterocycles. The average molecular weight is 242 g/mol. The van der Waals surface area contributed by atoms with Crippen molar-refractivity contribution < 1.29 is 22.5 Å². The first kappa shape index (κ1) is 17.2. The fourth-order valence-electron chi connectivity index (χ4n) is 0.714. The van der Waals surface area contributed by atoms with Crippen molar-refractivity contribution in [1.82, 2.24) is 0 Å². The molecule has 0 saturated heterocycles. The molecule has 15 heavy (non-hydrogen) atoms. The molecule has 0 aromatic rings. The quantitative estimate of drug-likeness (QED) is 0.448. The lowest BCUT2D eigenvalue weighted by molar-refractivity contribution is -1.06. The van der Waals surface area contributed by atoms with Gasteiger partial charge in [0.2, 0.25) is 0 Å². The molecule has 0 aromatic heterocycles. The maximum absolute atomic E-state index is 9.95. The Hall–Kier alpha value is -0.170. The predicted molar refractivity (Wildman–Crippen MR) is 61.0 cm³/mol. The van der Waals surface area contributed by atoms with Gasteiger partial charge in [0.15, 0.2) is 0 Å². The van der Waals surface area contributed by atoms with Gasteiger partial charge >= 0.3 is 0 Å². The van der Waals surface area contributed by atoms with Crippen molar-refractivity contribution in [2.75, 3.05) is 33.5 Å². The third kappa shape index (κ3) is 24.8. The van der Waals surface area contributed by atoms with Crippen molar-refractivity contribution in [3.05, 3.63) is 0 Å². The molecule has 94 valence electrons. The smallest absolute Gasteiger partial charge is 0.264 e. The summed E-state index contributed by atoms with van der Waals surface area (Å²) in [5.41, 5.74) is 0. The number of nitrogens with zero attached hydrogens (tertiary/aromatic N) is 1. The van der Waals surface area contributed by atoms with Crippen molar-refractivity contribution in [2.45, 2.75) is 26.7 Å². The lowest BCUT2D eigenvalue weighted by atomic mass is 10.4. The van der Waals surface area contributed by atoms with Crippen LogP contribution in [0.3, 0.4) is 0 Å². The summed E-state index contributed by atoms with van der Waals surface area (Å²) in [4.78, 5) is 5.17. The van der Waals surface area contributed by atoms with E-state index in [1.54, 1.807) is 0 Å². The molecule has 1 N–H and O–H groups in total. The van der Waals surface area contributed by atoms with Gasteiger partial charge in [0.25, 0.3) is 10.1 Å². The molecule has 5 nitrogen and oxygen atoms in total. The Morgan fingerprint density at radius 1 is 1.20 bits per heavy atom. The number of hydroxylamine groups is 3. The van der Waals surface area contributed by atoms with Crippen LogP contribution < -0.4 is 0 Å². The van der Waals surface area contributed by atoms with Crippen LogP contribution >= 0.6 is 0 Å². The minimum Gasteiger partial charge on any atom is -0.286 e. The third-order valence-corrected chi connectivity index (χ3v) is 2.08. The molecule has 0 aliphatic carbocycles. The van der Waals surface area contributed by atoms with E-state index in [9.17, 15) is 8.42 Å². The molecule has 0 atom stereocenters. The van der Waals surface area contributed by atoms with Crippen LogP contribution in [0.2, 0.25) is 0 Å². The Morgan fingerprint density at radius 2 is 1.67 bits per heavy atom. The Balaban J connectivity index is 0. The number of hydrogen-bond donors (Lipinski definition) is 1. The molecule has 0 aromatic carbocycles. The van der Waals surface area contributed by atoms with Gasteiger partial charge in [-0.1, -0.05) is 13.3 Å². The van der Waals surface area contributed by atoms with Crippen molar-refractivity contribution in [1.29, 1.82) is 0 Å². The van der Waals surface area contributed by atoms with E-state index in [0.29, 0.717) is 11.1 Å². The fourth-order valence-corrected chi connectivity index (χ4v) is 1.37. The van der Waals surface area contributed by atoms with Crippen molar-refractivity contribution in [2.24, 2.45) is 0 Å². The minimum atomic E-state index is -3.69. The molecular formula is C9H24NO4S+. The van der Waals surface area contributed by atoms with Crippen molar-refractivity contribution in [3.8, 4) is 0 Å². The van der Waals surface area contributed by atoms with Crippen molar-refractivity contribution >= 4 is 10.1 Å². The normalized spacial score (nSPS) is 11.9. The minimum absolute atomic E-state index is 0.108. The summed E-state index contributed by atoms with van der Waals surface area (Å²) in [7, 11) is 2.28. The first-order valence-electron chi connectivity index (χ1n) is 5.03. The molecule has 0 saturated carbocycles. The zero-order chi connectivity index (χ0) is 12.5. The second-order valence-electron chi connectivity index (χ2n) is 3.95. The third-order valence-electron chi connectivity index (χ3n) is 1.27. The van der Waals surface area contributed by atoms with E-state index in [-0.39, 0.29) is 5.75 Å². The summed E-state index contributed by atoms with van der Waals surface area (Å²) in [6, 6.07) is 0. The monoisotopic (exact) mass is 242 g/mol. The lowest BCUT2D eigenvalue weighted by Gasteiger charge is -2.19. The van der Waals surface area contributed by atoms with Gasteiger partial charge in [0, 0.05) is 0 Å². The predicted octanol–water partition coefficient (Wildman–Crippen LogP) is 1.32. The van der Waals surface area contributed by atoms with Crippen LogP contribution in [-0.4, -0.2) is 51.1 Å². The number of rotatable bonds is 5. The molecule has 0 aliphatic rings. The SMILES string of the molecule is CCCCS(=O)(=O)O.CCO[N+](C)(C)C. The Morgan fingerprint density at radius 3 is 1.73 bits per heavy atom. The lowest BCUT2D eigenvalue weighted by Crippen LogP contribution is -2.34. The first-order chi connectivity index (χ1) is 6.62. The van der Waals surface area contributed by atoms with E-state index < -0.39 is 10.1 Å². The molecule has 0 rings (SSSR count). The van der Waals surface area contributed by atoms with Crippen LogP contribution in [0.1, 0.15) is 26.7 Å². The summed E-state index contributed by atoms with van der Waals surface area (Å²) < 4.78 is 28.6. The highest BCUT2D eigenvalue weighted by molar-refractivity contribution is 7.85. The van der Waals surface area contributed by atoms with Gasteiger partial charge in [-0.15, -0.1) is 0 Å². The maximum atomic E-state index is 9.95. The van der Waals surface area contributed by atoms with Crippen molar-refractivity contribution in [3.63, 3.8) is 0 Å². The van der Waals surface area contributed by atoms with E-state index in [4.69, 9.17) is 9.39 Å². The second-order valence-corrected chi connectivity index (χ2v) is 5.52. The van der Waals surface area contributed by atoms with Gasteiger partial charge in [0.05, 0.1) is 26.9 Å². The highest BCUT2D eigenvalue weighted by Gasteiger charge is 2.03. The molecule has 6 heteroatoms. The van der Waals surface area contributed by atoms with Crippen LogP contribution in [0.4, 0.5) is 0 Å². The van der Waals surface area contributed by atoms with Gasteiger partial charge in [-0.25, -0.2) is 4.84 Å². The van der Waals surface area contributed by atoms with Gasteiger partial charge in [-0.2, -0.15) is 13.1 Å². The zero-order valence-corrected chi connectivity index (χ0v) is 11.2.